The van der Waals surface area contributed by atoms with Gasteiger partial charge in [0, 0.05) is 0 Å². The lowest BCUT2D eigenvalue weighted by Crippen LogP contribution is -2.17. The molecule has 0 aliphatic rings. The molecule has 0 bridgehead atoms. The van der Waals surface area contributed by atoms with E-state index in [1.165, 1.54) is 0 Å². The van der Waals surface area contributed by atoms with Crippen LogP contribution in [0, 0.1) is 0 Å². The van der Waals surface area contributed by atoms with E-state index in [9.17, 15) is 13.2 Å². The zero-order valence-corrected chi connectivity index (χ0v) is 8.97. The maximum Gasteiger partial charge on any atom is 0.250 e. The van der Waals surface area contributed by atoms with Gasteiger partial charge in [0.05, 0.1) is 16.3 Å². The summed E-state index contributed by atoms with van der Waals surface area (Å²) in [6.07, 6.45) is 0. The van der Waals surface area contributed by atoms with E-state index in [1.807, 2.05) is 0 Å². The van der Waals surface area contributed by atoms with Crippen LogP contribution in [0.4, 0.5) is 5.69 Å². The summed E-state index contributed by atoms with van der Waals surface area (Å²) < 4.78 is 22.0. The van der Waals surface area contributed by atoms with E-state index in [-0.39, 0.29) is 21.2 Å². The first-order chi connectivity index (χ1) is 6.75. The number of carbonyl (C=O) groups is 1. The summed E-state index contributed by atoms with van der Waals surface area (Å²) in [6.45, 7) is 0. The average molecular weight is 250 g/mol. The standard InChI is InChI=1S/C7H8ClN3O3S/c8-5-4(15(11,13)14)2-1-3(6(5)9)7(10)12/h1-2H,9H2,(H2,10,12)(H2,11,13,14). The lowest BCUT2D eigenvalue weighted by molar-refractivity contribution is 0.100. The third-order valence-electron chi connectivity index (χ3n) is 1.72. The summed E-state index contributed by atoms with van der Waals surface area (Å²) in [5, 5.41) is 4.57. The molecule has 1 aromatic rings. The van der Waals surface area contributed by atoms with Gasteiger partial charge < -0.3 is 11.5 Å². The maximum absolute atomic E-state index is 11.0. The number of hydrogen-bond acceptors (Lipinski definition) is 4. The maximum atomic E-state index is 11.0. The van der Waals surface area contributed by atoms with Gasteiger partial charge in [-0.05, 0) is 12.1 Å². The number of primary sulfonamides is 1. The Morgan fingerprint density at radius 1 is 1.33 bits per heavy atom. The van der Waals surface area contributed by atoms with Crippen LogP contribution in [0.2, 0.25) is 5.02 Å². The van der Waals surface area contributed by atoms with Crippen LogP contribution in [0.25, 0.3) is 0 Å². The first-order valence-corrected chi connectivity index (χ1v) is 5.58. The predicted molar refractivity (Wildman–Crippen MR) is 55.8 cm³/mol. The monoisotopic (exact) mass is 249 g/mol. The highest BCUT2D eigenvalue weighted by Gasteiger charge is 2.18. The van der Waals surface area contributed by atoms with Crippen molar-refractivity contribution in [1.82, 2.24) is 0 Å². The third kappa shape index (κ3) is 2.20. The Morgan fingerprint density at radius 3 is 2.27 bits per heavy atom. The molecule has 0 fully saturated rings. The normalized spacial score (nSPS) is 11.3. The number of nitrogen functional groups attached to an aromatic ring is 1. The number of rotatable bonds is 2. The second kappa shape index (κ2) is 3.69. The van der Waals surface area contributed by atoms with E-state index in [2.05, 4.69) is 0 Å². The number of amides is 1. The van der Waals surface area contributed by atoms with Crippen LogP contribution in [-0.4, -0.2) is 14.3 Å². The minimum Gasteiger partial charge on any atom is -0.397 e. The number of anilines is 1. The van der Waals surface area contributed by atoms with Crippen molar-refractivity contribution >= 4 is 33.2 Å². The Bertz CT molecular complexity index is 527. The highest BCUT2D eigenvalue weighted by Crippen LogP contribution is 2.29. The summed E-state index contributed by atoms with van der Waals surface area (Å²) in [5.41, 5.74) is 10.2. The molecule has 6 N–H and O–H groups in total. The molecule has 1 amide bonds. The van der Waals surface area contributed by atoms with Crippen LogP contribution in [0.15, 0.2) is 17.0 Å². The third-order valence-corrected chi connectivity index (χ3v) is 3.19. The SMILES string of the molecule is NC(=O)c1ccc(S(N)(=O)=O)c(Cl)c1N. The van der Waals surface area contributed by atoms with E-state index >= 15 is 0 Å². The highest BCUT2D eigenvalue weighted by atomic mass is 35.5. The second-order valence-corrected chi connectivity index (χ2v) is 4.66. The lowest BCUT2D eigenvalue weighted by atomic mass is 10.2. The van der Waals surface area contributed by atoms with Crippen molar-refractivity contribution in [3.63, 3.8) is 0 Å². The summed E-state index contributed by atoms with van der Waals surface area (Å²) in [6, 6.07) is 2.23. The number of sulfonamides is 1. The zero-order valence-electron chi connectivity index (χ0n) is 7.40. The Balaban J connectivity index is 3.55. The van der Waals surface area contributed by atoms with Crippen molar-refractivity contribution in [2.24, 2.45) is 10.9 Å². The molecule has 8 heteroatoms. The largest absolute Gasteiger partial charge is 0.397 e. The molecular formula is C7H8ClN3O3S. The minimum atomic E-state index is -3.96. The van der Waals surface area contributed by atoms with Gasteiger partial charge in [0.25, 0.3) is 5.91 Å². The fraction of sp³-hybridized carbons (Fsp3) is 0. The molecule has 0 aliphatic carbocycles. The summed E-state index contributed by atoms with van der Waals surface area (Å²) in [5.74, 6) is -0.796. The first kappa shape index (κ1) is 11.8. The molecule has 0 heterocycles. The molecule has 6 nitrogen and oxygen atoms in total. The van der Waals surface area contributed by atoms with Gasteiger partial charge in [0.1, 0.15) is 4.90 Å². The van der Waals surface area contributed by atoms with E-state index in [4.69, 9.17) is 28.2 Å². The Morgan fingerprint density at radius 2 is 1.87 bits per heavy atom. The van der Waals surface area contributed by atoms with Crippen molar-refractivity contribution in [2.75, 3.05) is 5.73 Å². The van der Waals surface area contributed by atoms with Gasteiger partial charge in [-0.1, -0.05) is 11.6 Å². The highest BCUT2D eigenvalue weighted by molar-refractivity contribution is 7.89. The van der Waals surface area contributed by atoms with E-state index in [0.29, 0.717) is 0 Å². The molecule has 0 aliphatic heterocycles. The molecule has 0 saturated carbocycles. The van der Waals surface area contributed by atoms with Gasteiger partial charge in [-0.3, -0.25) is 4.79 Å². The van der Waals surface area contributed by atoms with Crippen LogP contribution in [-0.2, 0) is 10.0 Å². The van der Waals surface area contributed by atoms with Crippen molar-refractivity contribution in [2.45, 2.75) is 4.90 Å². The number of nitrogens with two attached hydrogens (primary N) is 3. The molecule has 1 rings (SSSR count). The molecule has 15 heavy (non-hydrogen) atoms. The average Bonchev–Trinajstić information content (AvgIpc) is 2.06. The molecule has 82 valence electrons. The molecule has 0 spiro atoms. The predicted octanol–water partition coefficient (Wildman–Crippen LogP) is -0.331. The van der Waals surface area contributed by atoms with Crippen LogP contribution in [0.5, 0.6) is 0 Å². The summed E-state index contributed by atoms with van der Waals surface area (Å²) >= 11 is 5.64. The van der Waals surface area contributed by atoms with Crippen molar-refractivity contribution in [3.8, 4) is 0 Å². The minimum absolute atomic E-state index is 0.0487. The quantitative estimate of drug-likeness (QED) is 0.620. The topological polar surface area (TPSA) is 129 Å². The van der Waals surface area contributed by atoms with Gasteiger partial charge >= 0.3 is 0 Å². The van der Waals surface area contributed by atoms with E-state index in [1.54, 1.807) is 0 Å². The number of halogens is 1. The van der Waals surface area contributed by atoms with Crippen molar-refractivity contribution in [1.29, 1.82) is 0 Å². The number of benzene rings is 1. The van der Waals surface area contributed by atoms with Gasteiger partial charge in [-0.2, -0.15) is 0 Å². The molecule has 0 saturated heterocycles. The molecule has 0 unspecified atom stereocenters. The smallest absolute Gasteiger partial charge is 0.250 e. The number of hydrogen-bond donors (Lipinski definition) is 3. The molecule has 0 aromatic heterocycles. The zero-order chi connectivity index (χ0) is 11.8. The summed E-state index contributed by atoms with van der Waals surface area (Å²) in [4.78, 5) is 10.5. The Kier molecular flexibility index (Phi) is 2.89. The van der Waals surface area contributed by atoms with E-state index in [0.717, 1.165) is 12.1 Å². The second-order valence-electron chi connectivity index (χ2n) is 2.75. The fourth-order valence-corrected chi connectivity index (χ4v) is 2.11. The van der Waals surface area contributed by atoms with Crippen LogP contribution >= 0.6 is 11.6 Å². The van der Waals surface area contributed by atoms with Crippen molar-refractivity contribution < 1.29 is 13.2 Å². The van der Waals surface area contributed by atoms with Crippen LogP contribution < -0.4 is 16.6 Å². The van der Waals surface area contributed by atoms with Crippen molar-refractivity contribution in [3.05, 3.63) is 22.7 Å². The molecule has 1 aromatic carbocycles. The number of primary amides is 1. The van der Waals surface area contributed by atoms with Gasteiger partial charge in [-0.15, -0.1) is 0 Å². The van der Waals surface area contributed by atoms with Crippen LogP contribution in [0.1, 0.15) is 10.4 Å². The Labute approximate surface area is 91.0 Å². The lowest BCUT2D eigenvalue weighted by Gasteiger charge is -2.07. The first-order valence-electron chi connectivity index (χ1n) is 3.65. The van der Waals surface area contributed by atoms with Crippen LogP contribution in [0.3, 0.4) is 0 Å². The van der Waals surface area contributed by atoms with Gasteiger partial charge in [0.15, 0.2) is 0 Å². The molecule has 0 atom stereocenters. The number of carbonyl (C=O) groups excluding carboxylic acids is 1. The molecule has 0 radical (unpaired) electrons. The Hall–Kier alpha value is -1.31. The van der Waals surface area contributed by atoms with Gasteiger partial charge in [0.2, 0.25) is 10.0 Å². The molecular weight excluding hydrogens is 242 g/mol. The summed E-state index contributed by atoms with van der Waals surface area (Å²) in [7, 11) is -3.96. The van der Waals surface area contributed by atoms with Gasteiger partial charge in [-0.25, -0.2) is 13.6 Å². The fourth-order valence-electron chi connectivity index (χ4n) is 1.01. The van der Waals surface area contributed by atoms with E-state index < -0.39 is 15.9 Å².